The van der Waals surface area contributed by atoms with Gasteiger partial charge in [0.2, 0.25) is 5.91 Å². The van der Waals surface area contributed by atoms with Crippen LogP contribution in [0.25, 0.3) is 0 Å². The lowest BCUT2D eigenvalue weighted by molar-refractivity contribution is -0.136. The minimum atomic E-state index is -0.390. The summed E-state index contributed by atoms with van der Waals surface area (Å²) < 4.78 is 7.03. The quantitative estimate of drug-likeness (QED) is 0.790. The maximum absolute atomic E-state index is 12.5. The summed E-state index contributed by atoms with van der Waals surface area (Å²) in [6.45, 7) is 2.71. The zero-order valence-electron chi connectivity index (χ0n) is 11.6. The fraction of sp³-hybridized carbons (Fsp3) is 0.692. The molecular weight excluding hydrogens is 244 g/mol. The molecule has 0 unspecified atom stereocenters. The van der Waals surface area contributed by atoms with Gasteiger partial charge in [-0.3, -0.25) is 9.48 Å². The van der Waals surface area contributed by atoms with Crippen molar-refractivity contribution >= 4 is 5.91 Å². The van der Waals surface area contributed by atoms with Crippen LogP contribution in [0.3, 0.4) is 0 Å². The molecule has 0 spiro atoms. The first-order valence-corrected chi connectivity index (χ1v) is 6.63. The van der Waals surface area contributed by atoms with Crippen LogP contribution in [0.1, 0.15) is 18.5 Å². The molecule has 106 valence electrons. The number of piperidine rings is 1. The van der Waals surface area contributed by atoms with Crippen molar-refractivity contribution in [1.29, 1.82) is 0 Å². The van der Waals surface area contributed by atoms with Crippen LogP contribution in [0.2, 0.25) is 0 Å². The number of carbonyl (C=O) groups excluding carboxylic acids is 1. The van der Waals surface area contributed by atoms with E-state index < -0.39 is 5.41 Å². The van der Waals surface area contributed by atoms with Gasteiger partial charge in [-0.25, -0.2) is 0 Å². The zero-order chi connectivity index (χ0) is 13.7. The highest BCUT2D eigenvalue weighted by Gasteiger charge is 2.39. The SMILES string of the molecule is COCC1(C(=O)NCc2ccnn2C)CCNCC1. The summed E-state index contributed by atoms with van der Waals surface area (Å²) in [6.07, 6.45) is 3.37. The van der Waals surface area contributed by atoms with Crippen LogP contribution >= 0.6 is 0 Å². The summed E-state index contributed by atoms with van der Waals surface area (Å²) in [5.41, 5.74) is 0.605. The number of hydrogen-bond donors (Lipinski definition) is 2. The van der Waals surface area contributed by atoms with E-state index in [4.69, 9.17) is 4.74 Å². The minimum Gasteiger partial charge on any atom is -0.384 e. The summed E-state index contributed by atoms with van der Waals surface area (Å²) >= 11 is 0. The van der Waals surface area contributed by atoms with Gasteiger partial charge in [-0.05, 0) is 32.0 Å². The molecule has 1 aliphatic rings. The summed E-state index contributed by atoms with van der Waals surface area (Å²) in [7, 11) is 3.52. The Bertz CT molecular complexity index is 419. The van der Waals surface area contributed by atoms with E-state index in [2.05, 4.69) is 15.7 Å². The Morgan fingerprint density at radius 1 is 1.58 bits per heavy atom. The molecule has 1 aromatic heterocycles. The third-order valence-corrected chi connectivity index (χ3v) is 3.82. The van der Waals surface area contributed by atoms with Crippen molar-refractivity contribution in [2.45, 2.75) is 19.4 Å². The molecule has 19 heavy (non-hydrogen) atoms. The molecule has 1 amide bonds. The van der Waals surface area contributed by atoms with E-state index in [-0.39, 0.29) is 5.91 Å². The molecule has 1 fully saturated rings. The van der Waals surface area contributed by atoms with Gasteiger partial charge < -0.3 is 15.4 Å². The summed E-state index contributed by atoms with van der Waals surface area (Å²) in [5.74, 6) is 0.0806. The largest absolute Gasteiger partial charge is 0.384 e. The number of hydrogen-bond acceptors (Lipinski definition) is 4. The number of carbonyl (C=O) groups is 1. The maximum Gasteiger partial charge on any atom is 0.228 e. The monoisotopic (exact) mass is 266 g/mol. The standard InChI is InChI=1S/C13H22N4O2/c1-17-11(3-6-16-17)9-15-12(18)13(10-19-2)4-7-14-8-5-13/h3,6,14H,4-5,7-10H2,1-2H3,(H,15,18). The molecule has 6 heteroatoms. The molecule has 6 nitrogen and oxygen atoms in total. The molecule has 1 aromatic rings. The van der Waals surface area contributed by atoms with Crippen molar-refractivity contribution in [3.63, 3.8) is 0 Å². The van der Waals surface area contributed by atoms with Crippen LogP contribution < -0.4 is 10.6 Å². The fourth-order valence-corrected chi connectivity index (χ4v) is 2.55. The summed E-state index contributed by atoms with van der Waals surface area (Å²) in [6, 6.07) is 1.91. The van der Waals surface area contributed by atoms with E-state index in [0.717, 1.165) is 31.6 Å². The van der Waals surface area contributed by atoms with Gasteiger partial charge in [-0.2, -0.15) is 5.10 Å². The normalized spacial score (nSPS) is 18.2. The highest BCUT2D eigenvalue weighted by atomic mass is 16.5. The van der Waals surface area contributed by atoms with Gasteiger partial charge in [0, 0.05) is 20.4 Å². The second-order valence-corrected chi connectivity index (χ2v) is 5.09. The number of nitrogens with one attached hydrogen (secondary N) is 2. The average Bonchev–Trinajstić information content (AvgIpc) is 2.83. The third kappa shape index (κ3) is 3.13. The first-order chi connectivity index (χ1) is 9.18. The third-order valence-electron chi connectivity index (χ3n) is 3.82. The predicted molar refractivity (Wildman–Crippen MR) is 71.5 cm³/mol. The number of ether oxygens (including phenoxy) is 1. The van der Waals surface area contributed by atoms with Crippen LogP contribution in [-0.4, -0.2) is 42.5 Å². The Morgan fingerprint density at radius 3 is 2.89 bits per heavy atom. The molecule has 0 radical (unpaired) electrons. The van der Waals surface area contributed by atoms with E-state index in [0.29, 0.717) is 13.2 Å². The highest BCUT2D eigenvalue weighted by Crippen LogP contribution is 2.29. The molecule has 0 saturated carbocycles. The van der Waals surface area contributed by atoms with Crippen LogP contribution in [0.15, 0.2) is 12.3 Å². The van der Waals surface area contributed by atoms with Crippen LogP contribution in [0, 0.1) is 5.41 Å². The van der Waals surface area contributed by atoms with E-state index in [9.17, 15) is 4.79 Å². The van der Waals surface area contributed by atoms with Gasteiger partial charge in [0.15, 0.2) is 0 Å². The molecular formula is C13H22N4O2. The summed E-state index contributed by atoms with van der Waals surface area (Å²) in [4.78, 5) is 12.5. The van der Waals surface area contributed by atoms with Crippen molar-refractivity contribution in [1.82, 2.24) is 20.4 Å². The lowest BCUT2D eigenvalue weighted by atomic mass is 9.78. The Kier molecular flexibility index (Phi) is 4.55. The van der Waals surface area contributed by atoms with E-state index in [1.54, 1.807) is 18.0 Å². The van der Waals surface area contributed by atoms with Crippen LogP contribution in [0.4, 0.5) is 0 Å². The molecule has 2 rings (SSSR count). The van der Waals surface area contributed by atoms with Crippen LogP contribution in [0.5, 0.6) is 0 Å². The Labute approximate surface area is 113 Å². The average molecular weight is 266 g/mol. The Morgan fingerprint density at radius 2 is 2.32 bits per heavy atom. The van der Waals surface area contributed by atoms with Crippen molar-refractivity contribution in [3.05, 3.63) is 18.0 Å². The first kappa shape index (κ1) is 14.0. The van der Waals surface area contributed by atoms with Crippen molar-refractivity contribution in [2.24, 2.45) is 12.5 Å². The number of nitrogens with zero attached hydrogens (tertiary/aromatic N) is 2. The number of aromatic nitrogens is 2. The molecule has 0 atom stereocenters. The molecule has 1 saturated heterocycles. The second-order valence-electron chi connectivity index (χ2n) is 5.09. The topological polar surface area (TPSA) is 68.2 Å². The smallest absolute Gasteiger partial charge is 0.228 e. The van der Waals surface area contributed by atoms with Gasteiger partial charge in [0.1, 0.15) is 0 Å². The fourth-order valence-electron chi connectivity index (χ4n) is 2.55. The Balaban J connectivity index is 1.97. The van der Waals surface area contributed by atoms with Crippen LogP contribution in [-0.2, 0) is 23.1 Å². The van der Waals surface area contributed by atoms with Gasteiger partial charge in [0.05, 0.1) is 24.3 Å². The molecule has 0 aromatic carbocycles. The number of amides is 1. The number of rotatable bonds is 5. The summed E-state index contributed by atoms with van der Waals surface area (Å²) in [5, 5.41) is 10.4. The molecule has 2 N–H and O–H groups in total. The number of methoxy groups -OCH3 is 1. The maximum atomic E-state index is 12.5. The first-order valence-electron chi connectivity index (χ1n) is 6.63. The van der Waals surface area contributed by atoms with Crippen molar-refractivity contribution in [3.8, 4) is 0 Å². The zero-order valence-corrected chi connectivity index (χ0v) is 11.6. The lowest BCUT2D eigenvalue weighted by Crippen LogP contribution is -2.50. The van der Waals surface area contributed by atoms with Gasteiger partial charge in [-0.15, -0.1) is 0 Å². The number of aryl methyl sites for hydroxylation is 1. The Hall–Kier alpha value is -1.40. The van der Waals surface area contributed by atoms with Gasteiger partial charge in [0.25, 0.3) is 0 Å². The molecule has 0 bridgehead atoms. The van der Waals surface area contributed by atoms with E-state index >= 15 is 0 Å². The van der Waals surface area contributed by atoms with Gasteiger partial charge >= 0.3 is 0 Å². The van der Waals surface area contributed by atoms with E-state index in [1.165, 1.54) is 0 Å². The molecule has 2 heterocycles. The molecule has 1 aliphatic heterocycles. The lowest BCUT2D eigenvalue weighted by Gasteiger charge is -2.35. The second kappa shape index (κ2) is 6.16. The van der Waals surface area contributed by atoms with Crippen molar-refractivity contribution in [2.75, 3.05) is 26.8 Å². The van der Waals surface area contributed by atoms with E-state index in [1.807, 2.05) is 13.1 Å². The van der Waals surface area contributed by atoms with Crippen molar-refractivity contribution < 1.29 is 9.53 Å². The van der Waals surface area contributed by atoms with Gasteiger partial charge in [-0.1, -0.05) is 0 Å². The predicted octanol–water partition coefficient (Wildman–Crippen LogP) is 0.0525. The minimum absolute atomic E-state index is 0.0806. The molecule has 0 aliphatic carbocycles. The highest BCUT2D eigenvalue weighted by molar-refractivity contribution is 5.82.